The van der Waals surface area contributed by atoms with Gasteiger partial charge in [-0.25, -0.2) is 18.2 Å². The van der Waals surface area contributed by atoms with Crippen molar-refractivity contribution in [3.63, 3.8) is 0 Å². The zero-order chi connectivity index (χ0) is 21.2. The lowest BCUT2D eigenvalue weighted by Crippen LogP contribution is -2.39. The maximum Gasteiger partial charge on any atom is 0.321 e. The first-order valence-corrected chi connectivity index (χ1v) is 10.9. The van der Waals surface area contributed by atoms with Crippen LogP contribution >= 0.6 is 11.6 Å². The Morgan fingerprint density at radius 1 is 1.24 bits per heavy atom. The van der Waals surface area contributed by atoms with E-state index >= 15 is 0 Å². The third-order valence-electron chi connectivity index (χ3n) is 4.84. The number of nitrogens with zero attached hydrogens (tertiary/aromatic N) is 4. The van der Waals surface area contributed by atoms with Gasteiger partial charge in [-0.1, -0.05) is 11.6 Å². The summed E-state index contributed by atoms with van der Waals surface area (Å²) in [6.07, 6.45) is 2.02. The van der Waals surface area contributed by atoms with Crippen molar-refractivity contribution in [1.29, 1.82) is 0 Å². The van der Waals surface area contributed by atoms with Gasteiger partial charge in [-0.15, -0.1) is 0 Å². The van der Waals surface area contributed by atoms with Gasteiger partial charge in [0.1, 0.15) is 11.6 Å². The standard InChI is InChI=1S/C18H24ClN5O4S/c1-13-20-17(12-22(13)2)29(26,27)24-8-4-7-23(9-10-24)18(25)21-15-11-14(19)5-6-16(15)28-3/h5-6,11-12H,4,7-10H2,1-3H3,(H,21,25). The van der Waals surface area contributed by atoms with Crippen LogP contribution in [-0.4, -0.2) is 66.5 Å². The Morgan fingerprint density at radius 3 is 2.66 bits per heavy atom. The summed E-state index contributed by atoms with van der Waals surface area (Å²) in [6.45, 7) is 2.96. The Morgan fingerprint density at radius 2 is 2.00 bits per heavy atom. The SMILES string of the molecule is COc1ccc(Cl)cc1NC(=O)N1CCCN(S(=O)(=O)c2cn(C)c(C)n2)CC1. The average molecular weight is 442 g/mol. The van der Waals surface area contributed by atoms with Gasteiger partial charge in [0.15, 0.2) is 5.03 Å². The molecule has 1 aromatic carbocycles. The van der Waals surface area contributed by atoms with Crippen LogP contribution in [0.25, 0.3) is 0 Å². The third-order valence-corrected chi connectivity index (χ3v) is 6.84. The van der Waals surface area contributed by atoms with Gasteiger partial charge in [-0.2, -0.15) is 4.31 Å². The fourth-order valence-electron chi connectivity index (χ4n) is 3.09. The summed E-state index contributed by atoms with van der Waals surface area (Å²) in [5, 5.41) is 3.29. The van der Waals surface area contributed by atoms with E-state index in [2.05, 4.69) is 10.3 Å². The molecule has 29 heavy (non-hydrogen) atoms. The van der Waals surface area contributed by atoms with Crippen LogP contribution in [0.2, 0.25) is 5.02 Å². The second-order valence-electron chi connectivity index (χ2n) is 6.76. The number of amides is 2. The molecule has 1 aliphatic heterocycles. The Balaban J connectivity index is 1.69. The summed E-state index contributed by atoms with van der Waals surface area (Å²) < 4.78 is 34.1. The van der Waals surface area contributed by atoms with Gasteiger partial charge in [0.25, 0.3) is 10.0 Å². The molecule has 158 valence electrons. The molecule has 1 aromatic heterocycles. The van der Waals surface area contributed by atoms with Crippen LogP contribution in [0.3, 0.4) is 0 Å². The monoisotopic (exact) mass is 441 g/mol. The van der Waals surface area contributed by atoms with Gasteiger partial charge < -0.3 is 19.5 Å². The second kappa shape index (κ2) is 8.60. The lowest BCUT2D eigenvalue weighted by atomic mass is 10.3. The lowest BCUT2D eigenvalue weighted by Gasteiger charge is -2.22. The minimum Gasteiger partial charge on any atom is -0.495 e. The van der Waals surface area contributed by atoms with E-state index in [0.717, 1.165) is 0 Å². The van der Waals surface area contributed by atoms with Gasteiger partial charge in [-0.05, 0) is 31.5 Å². The maximum atomic E-state index is 12.9. The highest BCUT2D eigenvalue weighted by atomic mass is 35.5. The smallest absolute Gasteiger partial charge is 0.321 e. The summed E-state index contributed by atoms with van der Waals surface area (Å²) >= 11 is 6.01. The molecule has 0 bridgehead atoms. The largest absolute Gasteiger partial charge is 0.495 e. The number of nitrogens with one attached hydrogen (secondary N) is 1. The molecule has 11 heteroatoms. The number of imidazole rings is 1. The number of sulfonamides is 1. The maximum absolute atomic E-state index is 12.9. The van der Waals surface area contributed by atoms with E-state index < -0.39 is 10.0 Å². The van der Waals surface area contributed by atoms with Crippen LogP contribution in [0.5, 0.6) is 5.75 Å². The Labute approximate surface area is 175 Å². The van der Waals surface area contributed by atoms with E-state index in [9.17, 15) is 13.2 Å². The quantitative estimate of drug-likeness (QED) is 0.785. The highest BCUT2D eigenvalue weighted by Crippen LogP contribution is 2.28. The van der Waals surface area contributed by atoms with E-state index in [4.69, 9.17) is 16.3 Å². The highest BCUT2D eigenvalue weighted by molar-refractivity contribution is 7.89. The molecule has 1 fully saturated rings. The van der Waals surface area contributed by atoms with Crippen molar-refractivity contribution < 1.29 is 17.9 Å². The predicted octanol–water partition coefficient (Wildman–Crippen LogP) is 2.32. The van der Waals surface area contributed by atoms with E-state index in [-0.39, 0.29) is 24.1 Å². The fraction of sp³-hybridized carbons (Fsp3) is 0.444. The van der Waals surface area contributed by atoms with Crippen molar-refractivity contribution in [1.82, 2.24) is 18.8 Å². The zero-order valence-electron chi connectivity index (χ0n) is 16.6. The summed E-state index contributed by atoms with van der Waals surface area (Å²) in [6, 6.07) is 4.61. The van der Waals surface area contributed by atoms with Crippen molar-refractivity contribution in [2.24, 2.45) is 7.05 Å². The van der Waals surface area contributed by atoms with Crippen molar-refractivity contribution in [2.45, 2.75) is 18.4 Å². The molecule has 0 aliphatic carbocycles. The number of carbonyl (C=O) groups excluding carboxylic acids is 1. The molecule has 0 radical (unpaired) electrons. The van der Waals surface area contributed by atoms with Gasteiger partial charge in [0, 0.05) is 44.4 Å². The number of urea groups is 1. The van der Waals surface area contributed by atoms with Crippen LogP contribution in [0.15, 0.2) is 29.4 Å². The molecule has 2 heterocycles. The average Bonchev–Trinajstić information content (AvgIpc) is 2.88. The molecule has 0 atom stereocenters. The van der Waals surface area contributed by atoms with E-state index in [0.29, 0.717) is 41.8 Å². The number of aromatic nitrogens is 2. The molecule has 1 N–H and O–H groups in total. The molecule has 2 amide bonds. The minimum absolute atomic E-state index is 0.0269. The summed E-state index contributed by atoms with van der Waals surface area (Å²) in [7, 11) is -0.449. The molecular formula is C18H24ClN5O4S. The molecule has 0 saturated carbocycles. The lowest BCUT2D eigenvalue weighted by molar-refractivity contribution is 0.214. The van der Waals surface area contributed by atoms with Crippen LogP contribution in [0.1, 0.15) is 12.2 Å². The van der Waals surface area contributed by atoms with E-state index in [1.165, 1.54) is 17.6 Å². The van der Waals surface area contributed by atoms with E-state index in [1.54, 1.807) is 41.6 Å². The molecule has 1 saturated heterocycles. The predicted molar refractivity (Wildman–Crippen MR) is 110 cm³/mol. The number of anilines is 1. The van der Waals surface area contributed by atoms with Gasteiger partial charge in [-0.3, -0.25) is 0 Å². The third kappa shape index (κ3) is 4.65. The first kappa shape index (κ1) is 21.4. The Kier molecular flexibility index (Phi) is 6.35. The topological polar surface area (TPSA) is 96.8 Å². The first-order chi connectivity index (χ1) is 13.7. The first-order valence-electron chi connectivity index (χ1n) is 9.12. The highest BCUT2D eigenvalue weighted by Gasteiger charge is 2.30. The molecule has 0 unspecified atom stereocenters. The van der Waals surface area contributed by atoms with Crippen molar-refractivity contribution in [3.8, 4) is 5.75 Å². The number of hydrogen-bond donors (Lipinski definition) is 1. The molecule has 3 rings (SSSR count). The van der Waals surface area contributed by atoms with Gasteiger partial charge >= 0.3 is 6.03 Å². The van der Waals surface area contributed by atoms with Crippen LogP contribution in [0.4, 0.5) is 10.5 Å². The Hall–Kier alpha value is -2.30. The van der Waals surface area contributed by atoms with E-state index in [1.807, 2.05) is 0 Å². The number of ether oxygens (including phenoxy) is 1. The summed E-state index contributed by atoms with van der Waals surface area (Å²) in [5.74, 6) is 1.11. The van der Waals surface area contributed by atoms with Crippen LogP contribution in [-0.2, 0) is 17.1 Å². The fourth-order valence-corrected chi connectivity index (χ4v) is 4.76. The van der Waals surface area contributed by atoms with Crippen molar-refractivity contribution in [2.75, 3.05) is 38.6 Å². The number of carbonyl (C=O) groups is 1. The number of hydrogen-bond acceptors (Lipinski definition) is 5. The molecular weight excluding hydrogens is 418 g/mol. The van der Waals surface area contributed by atoms with Crippen LogP contribution < -0.4 is 10.1 Å². The minimum atomic E-state index is -3.71. The molecule has 0 spiro atoms. The zero-order valence-corrected chi connectivity index (χ0v) is 18.1. The van der Waals surface area contributed by atoms with Gasteiger partial charge in [0.05, 0.1) is 12.8 Å². The van der Waals surface area contributed by atoms with Crippen molar-refractivity contribution >= 4 is 33.3 Å². The Bertz CT molecular complexity index is 988. The number of benzene rings is 1. The number of aryl methyl sites for hydroxylation is 2. The van der Waals surface area contributed by atoms with Crippen LogP contribution in [0, 0.1) is 6.92 Å². The van der Waals surface area contributed by atoms with Crippen molar-refractivity contribution in [3.05, 3.63) is 35.2 Å². The molecule has 1 aliphatic rings. The normalized spacial score (nSPS) is 15.8. The molecule has 9 nitrogen and oxygen atoms in total. The number of rotatable bonds is 4. The second-order valence-corrected chi connectivity index (χ2v) is 9.08. The molecule has 2 aromatic rings. The summed E-state index contributed by atoms with van der Waals surface area (Å²) in [5.41, 5.74) is 0.461. The summed E-state index contributed by atoms with van der Waals surface area (Å²) in [4.78, 5) is 18.4. The number of halogens is 1. The number of methoxy groups -OCH3 is 1. The van der Waals surface area contributed by atoms with Gasteiger partial charge in [0.2, 0.25) is 0 Å².